The Bertz CT molecular complexity index is 534. The normalized spacial score (nSPS) is 22.0. The van der Waals surface area contributed by atoms with E-state index in [1.165, 1.54) is 0 Å². The molecular weight excluding hydrogens is 292 g/mol. The van der Waals surface area contributed by atoms with E-state index in [1.807, 2.05) is 18.0 Å². The highest BCUT2D eigenvalue weighted by molar-refractivity contribution is 5.77. The van der Waals surface area contributed by atoms with Gasteiger partial charge in [-0.15, -0.1) is 0 Å². The summed E-state index contributed by atoms with van der Waals surface area (Å²) in [5, 5.41) is 9.01. The molecule has 2 N–H and O–H groups in total. The van der Waals surface area contributed by atoms with Gasteiger partial charge in [-0.05, 0) is 51.1 Å². The molecule has 0 atom stereocenters. The highest BCUT2D eigenvalue weighted by Crippen LogP contribution is 2.40. The standard InChI is InChI=1S/C17H28N4O2/c1-14-11-18-15(19-14)12-20-8-5-17(6-9-20)4-3-16(23)21(13-17)7-2-10-22/h11,22H,2-10,12-13H2,1H3,(H,18,19). The van der Waals surface area contributed by atoms with Crippen LogP contribution in [0.4, 0.5) is 0 Å². The number of carbonyl (C=O) groups excluding carboxylic acids is 1. The molecule has 3 heterocycles. The number of amides is 1. The first-order valence-corrected chi connectivity index (χ1v) is 8.72. The summed E-state index contributed by atoms with van der Waals surface area (Å²) in [6, 6.07) is 0. The Hall–Kier alpha value is -1.40. The molecule has 6 heteroatoms. The van der Waals surface area contributed by atoms with Gasteiger partial charge < -0.3 is 15.0 Å². The zero-order valence-corrected chi connectivity index (χ0v) is 14.1. The highest BCUT2D eigenvalue weighted by atomic mass is 16.3. The lowest BCUT2D eigenvalue weighted by molar-refractivity contribution is -0.139. The number of likely N-dealkylation sites (tertiary alicyclic amines) is 2. The van der Waals surface area contributed by atoms with Crippen LogP contribution in [0, 0.1) is 12.3 Å². The van der Waals surface area contributed by atoms with Gasteiger partial charge in [0, 0.05) is 38.0 Å². The maximum Gasteiger partial charge on any atom is 0.222 e. The smallest absolute Gasteiger partial charge is 0.222 e. The molecule has 2 aliphatic heterocycles. The Morgan fingerprint density at radius 3 is 2.78 bits per heavy atom. The van der Waals surface area contributed by atoms with Crippen LogP contribution in [0.3, 0.4) is 0 Å². The monoisotopic (exact) mass is 320 g/mol. The number of nitrogens with one attached hydrogen (secondary N) is 1. The van der Waals surface area contributed by atoms with Crippen LogP contribution in [-0.4, -0.2) is 63.6 Å². The highest BCUT2D eigenvalue weighted by Gasteiger charge is 2.40. The Balaban J connectivity index is 1.53. The number of H-pyrrole nitrogens is 1. The van der Waals surface area contributed by atoms with Crippen molar-refractivity contribution >= 4 is 5.91 Å². The van der Waals surface area contributed by atoms with Crippen LogP contribution in [0.15, 0.2) is 6.20 Å². The summed E-state index contributed by atoms with van der Waals surface area (Å²) in [5.41, 5.74) is 1.40. The van der Waals surface area contributed by atoms with E-state index < -0.39 is 0 Å². The quantitative estimate of drug-likeness (QED) is 0.858. The van der Waals surface area contributed by atoms with Crippen molar-refractivity contribution in [1.29, 1.82) is 0 Å². The van der Waals surface area contributed by atoms with Gasteiger partial charge in [0.15, 0.2) is 0 Å². The van der Waals surface area contributed by atoms with Crippen LogP contribution >= 0.6 is 0 Å². The van der Waals surface area contributed by atoms with Crippen molar-refractivity contribution in [3.05, 3.63) is 17.7 Å². The summed E-state index contributed by atoms with van der Waals surface area (Å²) < 4.78 is 0. The summed E-state index contributed by atoms with van der Waals surface area (Å²) in [6.07, 6.45) is 6.56. The van der Waals surface area contributed by atoms with Gasteiger partial charge in [-0.2, -0.15) is 0 Å². The Morgan fingerprint density at radius 1 is 1.35 bits per heavy atom. The maximum absolute atomic E-state index is 12.1. The Morgan fingerprint density at radius 2 is 2.13 bits per heavy atom. The number of rotatable bonds is 5. The number of aromatic nitrogens is 2. The third-order valence-electron chi connectivity index (χ3n) is 5.38. The molecule has 1 amide bonds. The molecule has 0 aliphatic carbocycles. The topological polar surface area (TPSA) is 72.5 Å². The molecule has 0 unspecified atom stereocenters. The lowest BCUT2D eigenvalue weighted by atomic mass is 9.72. The summed E-state index contributed by atoms with van der Waals surface area (Å²) in [4.78, 5) is 24.2. The Labute approximate surface area is 137 Å². The van der Waals surface area contributed by atoms with Gasteiger partial charge in [0.2, 0.25) is 5.91 Å². The molecule has 1 aromatic heterocycles. The minimum Gasteiger partial charge on any atom is -0.396 e. The van der Waals surface area contributed by atoms with Crippen LogP contribution in [0.5, 0.6) is 0 Å². The summed E-state index contributed by atoms with van der Waals surface area (Å²) in [7, 11) is 0. The lowest BCUT2D eigenvalue weighted by Gasteiger charge is -2.47. The first kappa shape index (κ1) is 16.5. The average molecular weight is 320 g/mol. The fraction of sp³-hybridized carbons (Fsp3) is 0.765. The van der Waals surface area contributed by atoms with Crippen LogP contribution in [0.2, 0.25) is 0 Å². The van der Waals surface area contributed by atoms with Gasteiger partial charge in [-0.3, -0.25) is 9.69 Å². The van der Waals surface area contributed by atoms with Gasteiger partial charge in [-0.1, -0.05) is 0 Å². The van der Waals surface area contributed by atoms with Crippen molar-refractivity contribution in [2.75, 3.05) is 32.8 Å². The van der Waals surface area contributed by atoms with Crippen LogP contribution < -0.4 is 0 Å². The average Bonchev–Trinajstić information content (AvgIpc) is 2.96. The molecular formula is C17H28N4O2. The molecule has 2 fully saturated rings. The number of nitrogens with zero attached hydrogens (tertiary/aromatic N) is 3. The number of aryl methyl sites for hydroxylation is 1. The molecule has 0 bridgehead atoms. The van der Waals surface area contributed by atoms with Crippen molar-refractivity contribution in [3.8, 4) is 0 Å². The van der Waals surface area contributed by atoms with E-state index in [4.69, 9.17) is 5.11 Å². The molecule has 0 radical (unpaired) electrons. The molecule has 0 aromatic carbocycles. The molecule has 1 aromatic rings. The van der Waals surface area contributed by atoms with Gasteiger partial charge in [0.1, 0.15) is 5.82 Å². The van der Waals surface area contributed by atoms with Crippen molar-refractivity contribution in [2.24, 2.45) is 5.41 Å². The minimum atomic E-state index is 0.160. The second kappa shape index (κ2) is 7.01. The number of imidazole rings is 1. The summed E-state index contributed by atoms with van der Waals surface area (Å²) in [6.45, 7) is 6.79. The Kier molecular flexibility index (Phi) is 5.02. The predicted molar refractivity (Wildman–Crippen MR) is 87.8 cm³/mol. The third kappa shape index (κ3) is 3.93. The maximum atomic E-state index is 12.1. The van der Waals surface area contributed by atoms with Gasteiger partial charge in [0.25, 0.3) is 0 Å². The second-order valence-electron chi connectivity index (χ2n) is 7.18. The van der Waals surface area contributed by atoms with E-state index in [-0.39, 0.29) is 12.5 Å². The number of piperidine rings is 2. The number of aromatic amines is 1. The van der Waals surface area contributed by atoms with Crippen LogP contribution in [0.1, 0.15) is 43.6 Å². The largest absolute Gasteiger partial charge is 0.396 e. The van der Waals surface area contributed by atoms with Crippen molar-refractivity contribution < 1.29 is 9.90 Å². The van der Waals surface area contributed by atoms with Crippen molar-refractivity contribution in [1.82, 2.24) is 19.8 Å². The van der Waals surface area contributed by atoms with E-state index in [9.17, 15) is 4.79 Å². The van der Waals surface area contributed by atoms with E-state index in [0.29, 0.717) is 24.8 Å². The molecule has 2 saturated heterocycles. The molecule has 2 aliphatic rings. The fourth-order valence-electron chi connectivity index (χ4n) is 3.92. The van der Waals surface area contributed by atoms with Crippen LogP contribution in [-0.2, 0) is 11.3 Å². The number of carbonyl (C=O) groups is 1. The van der Waals surface area contributed by atoms with Gasteiger partial charge >= 0.3 is 0 Å². The molecule has 3 rings (SSSR count). The first-order chi connectivity index (χ1) is 11.1. The lowest BCUT2D eigenvalue weighted by Crippen LogP contribution is -2.51. The zero-order chi connectivity index (χ0) is 16.3. The van der Waals surface area contributed by atoms with E-state index >= 15 is 0 Å². The third-order valence-corrected chi connectivity index (χ3v) is 5.38. The number of hydrogen-bond donors (Lipinski definition) is 2. The predicted octanol–water partition coefficient (Wildman–Crippen LogP) is 1.31. The SMILES string of the molecule is Cc1cnc(CN2CCC3(CCC(=O)N(CCCO)C3)CC2)[nH]1. The van der Waals surface area contributed by atoms with Gasteiger partial charge in [-0.25, -0.2) is 4.98 Å². The summed E-state index contributed by atoms with van der Waals surface area (Å²) >= 11 is 0. The molecule has 6 nitrogen and oxygen atoms in total. The van der Waals surface area contributed by atoms with Crippen molar-refractivity contribution in [3.63, 3.8) is 0 Å². The number of aliphatic hydroxyl groups is 1. The first-order valence-electron chi connectivity index (χ1n) is 8.72. The molecule has 128 valence electrons. The fourth-order valence-corrected chi connectivity index (χ4v) is 3.92. The minimum absolute atomic E-state index is 0.160. The van der Waals surface area contributed by atoms with Crippen LogP contribution in [0.25, 0.3) is 0 Å². The van der Waals surface area contributed by atoms with Crippen molar-refractivity contribution in [2.45, 2.75) is 45.6 Å². The molecule has 23 heavy (non-hydrogen) atoms. The number of hydrogen-bond acceptors (Lipinski definition) is 4. The summed E-state index contributed by atoms with van der Waals surface area (Å²) in [5.74, 6) is 1.31. The van der Waals surface area contributed by atoms with E-state index in [2.05, 4.69) is 14.9 Å². The van der Waals surface area contributed by atoms with Gasteiger partial charge in [0.05, 0.1) is 6.54 Å². The second-order valence-corrected chi connectivity index (χ2v) is 7.18. The zero-order valence-electron chi connectivity index (χ0n) is 14.1. The van der Waals surface area contributed by atoms with E-state index in [1.54, 1.807) is 0 Å². The van der Waals surface area contributed by atoms with E-state index in [0.717, 1.165) is 57.0 Å². The molecule has 1 spiro atoms. The number of aliphatic hydroxyl groups excluding tert-OH is 1. The molecule has 0 saturated carbocycles.